The molecule has 0 bridgehead atoms. The maximum Gasteiger partial charge on any atom is 0.272 e. The highest BCUT2D eigenvalue weighted by Gasteiger charge is 2.14. The van der Waals surface area contributed by atoms with Crippen LogP contribution in [0.3, 0.4) is 0 Å². The summed E-state index contributed by atoms with van der Waals surface area (Å²) in [5.41, 5.74) is 2.42. The number of nitrogens with zero attached hydrogens (tertiary/aromatic N) is 2. The Labute approximate surface area is 146 Å². The third kappa shape index (κ3) is 3.09. The number of aromatic nitrogens is 1. The average molecular weight is 326 g/mol. The summed E-state index contributed by atoms with van der Waals surface area (Å²) in [6, 6.07) is 26.1. The monoisotopic (exact) mass is 326 g/mol. The van der Waals surface area contributed by atoms with Crippen LogP contribution in [-0.2, 0) is 6.54 Å². The van der Waals surface area contributed by atoms with Gasteiger partial charge in [-0.1, -0.05) is 60.7 Å². The summed E-state index contributed by atoms with van der Waals surface area (Å²) in [6.07, 6.45) is 0. The van der Waals surface area contributed by atoms with Gasteiger partial charge in [-0.25, -0.2) is 4.98 Å². The molecule has 3 nitrogen and oxygen atoms in total. The first kappa shape index (κ1) is 15.3. The Morgan fingerprint density at radius 2 is 1.52 bits per heavy atom. The molecule has 1 amide bonds. The van der Waals surface area contributed by atoms with Crippen LogP contribution in [0, 0.1) is 0 Å². The lowest BCUT2D eigenvalue weighted by Crippen LogP contribution is -2.27. The molecule has 3 aromatic carbocycles. The highest BCUT2D eigenvalue weighted by molar-refractivity contribution is 5.94. The number of rotatable bonds is 3. The van der Waals surface area contributed by atoms with Crippen LogP contribution in [0.1, 0.15) is 16.1 Å². The van der Waals surface area contributed by atoms with Crippen LogP contribution in [0.25, 0.3) is 21.7 Å². The maximum absolute atomic E-state index is 12.7. The van der Waals surface area contributed by atoms with Crippen LogP contribution in [-0.4, -0.2) is 22.8 Å². The Hall–Kier alpha value is -3.20. The zero-order valence-electron chi connectivity index (χ0n) is 14.0. The van der Waals surface area contributed by atoms with Gasteiger partial charge in [-0.3, -0.25) is 4.79 Å². The van der Waals surface area contributed by atoms with E-state index in [-0.39, 0.29) is 5.91 Å². The number of pyridine rings is 1. The molecule has 122 valence electrons. The first-order valence-electron chi connectivity index (χ1n) is 8.30. The Balaban J connectivity index is 1.57. The number of fused-ring (bicyclic) bond motifs is 2. The first-order chi connectivity index (χ1) is 12.2. The van der Waals surface area contributed by atoms with E-state index in [1.165, 1.54) is 10.8 Å². The molecule has 0 N–H and O–H groups in total. The number of carbonyl (C=O) groups is 1. The van der Waals surface area contributed by atoms with Crippen LogP contribution in [0.15, 0.2) is 78.9 Å². The fourth-order valence-corrected chi connectivity index (χ4v) is 3.06. The third-order valence-corrected chi connectivity index (χ3v) is 4.40. The van der Waals surface area contributed by atoms with E-state index in [9.17, 15) is 4.79 Å². The van der Waals surface area contributed by atoms with Crippen molar-refractivity contribution in [1.82, 2.24) is 9.88 Å². The van der Waals surface area contributed by atoms with Crippen molar-refractivity contribution in [1.29, 1.82) is 0 Å². The quantitative estimate of drug-likeness (QED) is 0.548. The van der Waals surface area contributed by atoms with Crippen LogP contribution >= 0.6 is 0 Å². The number of amides is 1. The van der Waals surface area contributed by atoms with E-state index in [2.05, 4.69) is 35.3 Å². The second-order valence-corrected chi connectivity index (χ2v) is 6.23. The molecule has 0 radical (unpaired) electrons. The van der Waals surface area contributed by atoms with Crippen molar-refractivity contribution in [2.24, 2.45) is 0 Å². The van der Waals surface area contributed by atoms with Crippen molar-refractivity contribution >= 4 is 27.6 Å². The molecule has 1 heterocycles. The Morgan fingerprint density at radius 3 is 2.36 bits per heavy atom. The molecule has 1 aromatic heterocycles. The van der Waals surface area contributed by atoms with E-state index in [0.29, 0.717) is 12.2 Å². The largest absolute Gasteiger partial charge is 0.336 e. The van der Waals surface area contributed by atoms with Gasteiger partial charge < -0.3 is 4.90 Å². The zero-order chi connectivity index (χ0) is 17.2. The summed E-state index contributed by atoms with van der Waals surface area (Å²) in [6.45, 7) is 0.554. The van der Waals surface area contributed by atoms with E-state index >= 15 is 0 Å². The van der Waals surface area contributed by atoms with Crippen molar-refractivity contribution < 1.29 is 4.79 Å². The summed E-state index contributed by atoms with van der Waals surface area (Å²) in [5, 5.41) is 3.43. The molecule has 0 unspecified atom stereocenters. The van der Waals surface area contributed by atoms with Crippen LogP contribution in [0.5, 0.6) is 0 Å². The van der Waals surface area contributed by atoms with Gasteiger partial charge in [0.25, 0.3) is 5.91 Å². The van der Waals surface area contributed by atoms with Gasteiger partial charge in [-0.15, -0.1) is 0 Å². The van der Waals surface area contributed by atoms with E-state index in [1.54, 1.807) is 11.0 Å². The number of hydrogen-bond donors (Lipinski definition) is 0. The van der Waals surface area contributed by atoms with Gasteiger partial charge in [0.15, 0.2) is 0 Å². The van der Waals surface area contributed by atoms with E-state index in [1.807, 2.05) is 49.5 Å². The summed E-state index contributed by atoms with van der Waals surface area (Å²) >= 11 is 0. The van der Waals surface area contributed by atoms with E-state index in [0.717, 1.165) is 16.5 Å². The number of para-hydroxylation sites is 1. The van der Waals surface area contributed by atoms with Gasteiger partial charge in [0.2, 0.25) is 0 Å². The molecule has 4 rings (SSSR count). The normalized spacial score (nSPS) is 10.9. The van der Waals surface area contributed by atoms with E-state index < -0.39 is 0 Å². The molecule has 3 heteroatoms. The number of carbonyl (C=O) groups excluding carboxylic acids is 1. The van der Waals surface area contributed by atoms with Gasteiger partial charge in [0.05, 0.1) is 5.52 Å². The zero-order valence-corrected chi connectivity index (χ0v) is 14.0. The van der Waals surface area contributed by atoms with E-state index in [4.69, 9.17) is 0 Å². The lowest BCUT2D eigenvalue weighted by molar-refractivity contribution is 0.0780. The lowest BCUT2D eigenvalue weighted by Gasteiger charge is -2.17. The van der Waals surface area contributed by atoms with Crippen LogP contribution < -0.4 is 0 Å². The SMILES string of the molecule is CN(Cc1ccc2ccccc2c1)C(=O)c1ccc2ccccc2n1. The molecular formula is C22H18N2O. The van der Waals surface area contributed by atoms with Gasteiger partial charge >= 0.3 is 0 Å². The molecule has 0 saturated heterocycles. The second-order valence-electron chi connectivity index (χ2n) is 6.23. The molecule has 0 fully saturated rings. The molecule has 0 aliphatic carbocycles. The summed E-state index contributed by atoms with van der Waals surface area (Å²) in [4.78, 5) is 18.9. The Bertz CT molecular complexity index is 1070. The molecule has 0 aliphatic heterocycles. The fourth-order valence-electron chi connectivity index (χ4n) is 3.06. The molecule has 4 aromatic rings. The molecule has 25 heavy (non-hydrogen) atoms. The van der Waals surface area contributed by atoms with Crippen LogP contribution in [0.4, 0.5) is 0 Å². The minimum absolute atomic E-state index is 0.0705. The minimum atomic E-state index is -0.0705. The third-order valence-electron chi connectivity index (χ3n) is 4.40. The van der Waals surface area contributed by atoms with Gasteiger partial charge in [-0.2, -0.15) is 0 Å². The molecule has 0 aliphatic rings. The molecular weight excluding hydrogens is 308 g/mol. The van der Waals surface area contributed by atoms with Gasteiger partial charge in [-0.05, 0) is 34.5 Å². The predicted molar refractivity (Wildman–Crippen MR) is 101 cm³/mol. The number of hydrogen-bond acceptors (Lipinski definition) is 2. The summed E-state index contributed by atoms with van der Waals surface area (Å²) < 4.78 is 0. The molecule has 0 atom stereocenters. The van der Waals surface area contributed by atoms with Crippen molar-refractivity contribution in [2.45, 2.75) is 6.54 Å². The lowest BCUT2D eigenvalue weighted by atomic mass is 10.1. The average Bonchev–Trinajstić information content (AvgIpc) is 2.67. The van der Waals surface area contributed by atoms with Crippen molar-refractivity contribution in [3.05, 3.63) is 90.1 Å². The van der Waals surface area contributed by atoms with Crippen molar-refractivity contribution in [2.75, 3.05) is 7.05 Å². The van der Waals surface area contributed by atoms with Crippen molar-refractivity contribution in [3.8, 4) is 0 Å². The standard InChI is InChI=1S/C22H18N2O/c1-24(15-16-10-11-17-6-2-3-8-19(17)14-16)22(25)21-13-12-18-7-4-5-9-20(18)23-21/h2-14H,15H2,1H3. The van der Waals surface area contributed by atoms with Gasteiger partial charge in [0.1, 0.15) is 5.69 Å². The Kier molecular flexibility index (Phi) is 3.90. The first-order valence-corrected chi connectivity index (χ1v) is 8.30. The summed E-state index contributed by atoms with van der Waals surface area (Å²) in [5.74, 6) is -0.0705. The minimum Gasteiger partial charge on any atom is -0.336 e. The fraction of sp³-hybridized carbons (Fsp3) is 0.0909. The molecule has 0 spiro atoms. The van der Waals surface area contributed by atoms with Crippen LogP contribution in [0.2, 0.25) is 0 Å². The number of benzene rings is 3. The molecule has 0 saturated carbocycles. The summed E-state index contributed by atoms with van der Waals surface area (Å²) in [7, 11) is 1.81. The topological polar surface area (TPSA) is 33.2 Å². The van der Waals surface area contributed by atoms with Crippen molar-refractivity contribution in [3.63, 3.8) is 0 Å². The maximum atomic E-state index is 12.7. The highest BCUT2D eigenvalue weighted by Crippen LogP contribution is 2.18. The highest BCUT2D eigenvalue weighted by atomic mass is 16.2. The smallest absolute Gasteiger partial charge is 0.272 e. The second kappa shape index (κ2) is 6.36. The van der Waals surface area contributed by atoms with Gasteiger partial charge in [0, 0.05) is 19.0 Å². The predicted octanol–water partition coefficient (Wildman–Crippen LogP) is 4.66. The Morgan fingerprint density at radius 1 is 0.840 bits per heavy atom.